The number of halogens is 1. The van der Waals surface area contributed by atoms with E-state index in [9.17, 15) is 14.3 Å². The number of rotatable bonds is 3. The largest absolute Gasteiger partial charge is 0.507 e. The Morgan fingerprint density at radius 1 is 1.56 bits per heavy atom. The second-order valence-corrected chi connectivity index (χ2v) is 4.31. The summed E-state index contributed by atoms with van der Waals surface area (Å²) in [5, 5.41) is 11.8. The molecule has 0 fully saturated rings. The molecule has 1 amide bonds. The van der Waals surface area contributed by atoms with E-state index in [0.717, 1.165) is 6.07 Å². The maximum absolute atomic E-state index is 13.3. The Hall–Kier alpha value is -1.62. The Morgan fingerprint density at radius 3 is 2.69 bits per heavy atom. The predicted octanol–water partition coefficient (Wildman–Crippen LogP) is 0.998. The van der Waals surface area contributed by atoms with E-state index in [2.05, 4.69) is 5.32 Å². The molecule has 0 aromatic heterocycles. The quantitative estimate of drug-likeness (QED) is 0.719. The van der Waals surface area contributed by atoms with Crippen molar-refractivity contribution in [2.75, 3.05) is 6.54 Å². The molecule has 0 unspecified atom stereocenters. The molecule has 0 saturated carbocycles. The highest BCUT2D eigenvalue weighted by atomic mass is 19.1. The first kappa shape index (κ1) is 12.4. The monoisotopic (exact) mass is 226 g/mol. The smallest absolute Gasteiger partial charge is 0.258 e. The number of aromatic hydroxyl groups is 1. The normalized spacial score (nSPS) is 11.2. The summed E-state index contributed by atoms with van der Waals surface area (Å²) in [7, 11) is 0. The summed E-state index contributed by atoms with van der Waals surface area (Å²) in [6, 6.07) is 3.70. The van der Waals surface area contributed by atoms with E-state index < -0.39 is 17.3 Å². The second-order valence-electron chi connectivity index (χ2n) is 4.31. The number of nitrogens with one attached hydrogen (secondary N) is 1. The number of phenols is 1. The summed E-state index contributed by atoms with van der Waals surface area (Å²) in [6.45, 7) is 3.66. The zero-order chi connectivity index (χ0) is 12.3. The van der Waals surface area contributed by atoms with Crippen LogP contribution in [0.2, 0.25) is 0 Å². The van der Waals surface area contributed by atoms with Crippen molar-refractivity contribution in [1.82, 2.24) is 5.32 Å². The first-order valence-corrected chi connectivity index (χ1v) is 4.86. The van der Waals surface area contributed by atoms with Gasteiger partial charge >= 0.3 is 0 Å². The molecule has 4 nitrogen and oxygen atoms in total. The number of hydrogen-bond acceptors (Lipinski definition) is 3. The van der Waals surface area contributed by atoms with Crippen LogP contribution in [0, 0.1) is 5.82 Å². The van der Waals surface area contributed by atoms with Crippen LogP contribution < -0.4 is 11.1 Å². The summed E-state index contributed by atoms with van der Waals surface area (Å²) >= 11 is 0. The number of carbonyl (C=O) groups excluding carboxylic acids is 1. The fourth-order valence-corrected chi connectivity index (χ4v) is 1.13. The molecule has 16 heavy (non-hydrogen) atoms. The van der Waals surface area contributed by atoms with Crippen molar-refractivity contribution in [3.8, 4) is 5.75 Å². The first-order valence-electron chi connectivity index (χ1n) is 4.86. The van der Waals surface area contributed by atoms with Gasteiger partial charge in [-0.1, -0.05) is 6.07 Å². The van der Waals surface area contributed by atoms with E-state index in [1.807, 2.05) is 0 Å². The van der Waals surface area contributed by atoms with Crippen LogP contribution in [-0.4, -0.2) is 23.1 Å². The lowest BCUT2D eigenvalue weighted by Crippen LogP contribution is -2.45. The molecule has 0 atom stereocenters. The van der Waals surface area contributed by atoms with Gasteiger partial charge in [0.05, 0.1) is 0 Å². The number of nitrogens with two attached hydrogens (primary N) is 1. The van der Waals surface area contributed by atoms with Crippen LogP contribution in [0.4, 0.5) is 4.39 Å². The molecular formula is C11H15FN2O2. The van der Waals surface area contributed by atoms with Crippen LogP contribution in [0.1, 0.15) is 24.2 Å². The maximum Gasteiger partial charge on any atom is 0.258 e. The van der Waals surface area contributed by atoms with Gasteiger partial charge < -0.3 is 16.2 Å². The van der Waals surface area contributed by atoms with E-state index in [1.165, 1.54) is 12.1 Å². The lowest BCUT2D eigenvalue weighted by atomic mass is 10.1. The van der Waals surface area contributed by atoms with Crippen LogP contribution in [0.25, 0.3) is 0 Å². The Bertz CT molecular complexity index is 379. The van der Waals surface area contributed by atoms with Crippen LogP contribution >= 0.6 is 0 Å². The van der Waals surface area contributed by atoms with Crippen LogP contribution in [0.5, 0.6) is 5.75 Å². The van der Waals surface area contributed by atoms with Gasteiger partial charge in [-0.15, -0.1) is 0 Å². The molecule has 0 radical (unpaired) electrons. The van der Waals surface area contributed by atoms with Crippen LogP contribution in [-0.2, 0) is 0 Å². The van der Waals surface area contributed by atoms with E-state index in [1.54, 1.807) is 13.8 Å². The highest BCUT2D eigenvalue weighted by Crippen LogP contribution is 2.19. The van der Waals surface area contributed by atoms with Crippen molar-refractivity contribution >= 4 is 5.91 Å². The summed E-state index contributed by atoms with van der Waals surface area (Å²) in [5.41, 5.74) is 4.73. The van der Waals surface area contributed by atoms with Crippen molar-refractivity contribution < 1.29 is 14.3 Å². The van der Waals surface area contributed by atoms with Gasteiger partial charge in [-0.2, -0.15) is 0 Å². The Kier molecular flexibility index (Phi) is 3.49. The third-order valence-corrected chi connectivity index (χ3v) is 1.92. The SMILES string of the molecule is CC(C)(N)CNC(=O)c1c(O)cccc1F. The molecule has 0 bridgehead atoms. The third-order valence-electron chi connectivity index (χ3n) is 1.92. The van der Waals surface area contributed by atoms with E-state index in [-0.39, 0.29) is 17.9 Å². The summed E-state index contributed by atoms with van der Waals surface area (Å²) in [4.78, 5) is 11.6. The Balaban J connectivity index is 2.81. The number of amides is 1. The van der Waals surface area contributed by atoms with Gasteiger partial charge in [0.15, 0.2) is 0 Å². The predicted molar refractivity (Wildman–Crippen MR) is 58.7 cm³/mol. The first-order chi connectivity index (χ1) is 7.31. The minimum absolute atomic E-state index is 0.194. The Labute approximate surface area is 93.3 Å². The van der Waals surface area contributed by atoms with Crippen molar-refractivity contribution in [2.45, 2.75) is 19.4 Å². The van der Waals surface area contributed by atoms with Gasteiger partial charge in [0.1, 0.15) is 17.1 Å². The number of hydrogen-bond donors (Lipinski definition) is 3. The van der Waals surface area contributed by atoms with E-state index >= 15 is 0 Å². The molecule has 4 N–H and O–H groups in total. The summed E-state index contributed by atoms with van der Waals surface area (Å²) in [5.74, 6) is -1.81. The number of carbonyl (C=O) groups is 1. The lowest BCUT2D eigenvalue weighted by molar-refractivity contribution is 0.0939. The molecule has 0 heterocycles. The third kappa shape index (κ3) is 3.20. The van der Waals surface area contributed by atoms with E-state index in [4.69, 9.17) is 5.73 Å². The van der Waals surface area contributed by atoms with Gasteiger partial charge in [-0.05, 0) is 26.0 Å². The molecule has 1 rings (SSSR count). The highest BCUT2D eigenvalue weighted by molar-refractivity contribution is 5.97. The van der Waals surface area contributed by atoms with Crippen LogP contribution in [0.15, 0.2) is 18.2 Å². The van der Waals surface area contributed by atoms with Gasteiger partial charge in [0, 0.05) is 12.1 Å². The zero-order valence-corrected chi connectivity index (χ0v) is 9.25. The number of benzene rings is 1. The topological polar surface area (TPSA) is 75.3 Å². The maximum atomic E-state index is 13.3. The molecule has 1 aromatic carbocycles. The summed E-state index contributed by atoms with van der Waals surface area (Å²) in [6.07, 6.45) is 0. The van der Waals surface area contributed by atoms with Gasteiger partial charge in [0.25, 0.3) is 5.91 Å². The molecular weight excluding hydrogens is 211 g/mol. The molecule has 88 valence electrons. The minimum atomic E-state index is -0.757. The van der Waals surface area contributed by atoms with Crippen molar-refractivity contribution in [1.29, 1.82) is 0 Å². The number of phenolic OH excluding ortho intramolecular Hbond substituents is 1. The zero-order valence-electron chi connectivity index (χ0n) is 9.25. The second kappa shape index (κ2) is 4.49. The van der Waals surface area contributed by atoms with Crippen LogP contribution in [0.3, 0.4) is 0 Å². The van der Waals surface area contributed by atoms with Gasteiger partial charge in [0.2, 0.25) is 0 Å². The van der Waals surface area contributed by atoms with Crippen molar-refractivity contribution in [3.63, 3.8) is 0 Å². The van der Waals surface area contributed by atoms with Crippen molar-refractivity contribution in [2.24, 2.45) is 5.73 Å². The average molecular weight is 226 g/mol. The van der Waals surface area contributed by atoms with Crippen molar-refractivity contribution in [3.05, 3.63) is 29.6 Å². The summed E-state index contributed by atoms with van der Waals surface area (Å²) < 4.78 is 13.3. The molecule has 0 saturated heterocycles. The fraction of sp³-hybridized carbons (Fsp3) is 0.364. The Morgan fingerprint density at radius 2 is 2.19 bits per heavy atom. The molecule has 1 aromatic rings. The average Bonchev–Trinajstić information content (AvgIpc) is 2.13. The molecule has 5 heteroatoms. The minimum Gasteiger partial charge on any atom is -0.507 e. The van der Waals surface area contributed by atoms with E-state index in [0.29, 0.717) is 0 Å². The highest BCUT2D eigenvalue weighted by Gasteiger charge is 2.18. The molecule has 0 spiro atoms. The van der Waals surface area contributed by atoms with Gasteiger partial charge in [-0.25, -0.2) is 4.39 Å². The lowest BCUT2D eigenvalue weighted by Gasteiger charge is -2.19. The molecule has 0 aliphatic rings. The fourth-order valence-electron chi connectivity index (χ4n) is 1.13. The van der Waals surface area contributed by atoms with Gasteiger partial charge in [-0.3, -0.25) is 4.79 Å². The standard InChI is InChI=1S/C11H15FN2O2/c1-11(2,13)6-14-10(16)9-7(12)4-3-5-8(9)15/h3-5,15H,6,13H2,1-2H3,(H,14,16). The molecule has 0 aliphatic carbocycles. The molecule has 0 aliphatic heterocycles.